The van der Waals surface area contributed by atoms with Crippen LogP contribution >= 0.6 is 36.0 Å². The van der Waals surface area contributed by atoms with Gasteiger partial charge in [0.25, 0.3) is 0 Å². The highest BCUT2D eigenvalue weighted by Crippen LogP contribution is 2.25. The van der Waals surface area contributed by atoms with Crippen LogP contribution in [0, 0.1) is 6.92 Å². The number of hydrogen-bond acceptors (Lipinski definition) is 3. The van der Waals surface area contributed by atoms with Crippen LogP contribution in [-0.2, 0) is 0 Å². The fourth-order valence-electron chi connectivity index (χ4n) is 1.58. The molecule has 4 nitrogen and oxygen atoms in total. The minimum Gasteiger partial charge on any atom is -0.291 e. The molecular weight excluding hydrogens is 317 g/mol. The molecule has 2 amide bonds. The lowest BCUT2D eigenvalue weighted by atomic mass is 10.2. The second kappa shape index (κ2) is 6.35. The van der Waals surface area contributed by atoms with Crippen LogP contribution in [0.3, 0.4) is 0 Å². The lowest BCUT2D eigenvalue weighted by Gasteiger charge is -2.18. The molecule has 0 aliphatic carbocycles. The first-order valence-electron chi connectivity index (χ1n) is 5.65. The average molecular weight is 328 g/mol. The van der Waals surface area contributed by atoms with E-state index in [0.717, 1.165) is 5.56 Å². The van der Waals surface area contributed by atoms with Crippen LogP contribution in [-0.4, -0.2) is 11.0 Å². The molecule has 0 aliphatic heterocycles. The molecular formula is C13H11Cl2N3OS. The maximum absolute atomic E-state index is 12.1. The number of nitrogens with one attached hydrogen (secondary N) is 1. The summed E-state index contributed by atoms with van der Waals surface area (Å²) in [7, 11) is 0. The van der Waals surface area contributed by atoms with Crippen molar-refractivity contribution >= 4 is 53.6 Å². The maximum Gasteiger partial charge on any atom is 0.337 e. The third kappa shape index (κ3) is 3.56. The molecule has 2 aromatic rings. The minimum absolute atomic E-state index is 0.394. The summed E-state index contributed by atoms with van der Waals surface area (Å²) in [5, 5.41) is 3.72. The summed E-state index contributed by atoms with van der Waals surface area (Å²) in [6.45, 7) is 1.85. The molecule has 1 N–H and O–H groups in total. The van der Waals surface area contributed by atoms with Crippen LogP contribution in [0.5, 0.6) is 0 Å². The van der Waals surface area contributed by atoms with Gasteiger partial charge in [0.2, 0.25) is 0 Å². The van der Waals surface area contributed by atoms with Gasteiger partial charge in [-0.25, -0.2) is 14.1 Å². The van der Waals surface area contributed by atoms with E-state index in [1.54, 1.807) is 30.3 Å². The summed E-state index contributed by atoms with van der Waals surface area (Å²) in [6.07, 6.45) is 1.45. The Balaban J connectivity index is 2.14. The topological polar surface area (TPSA) is 45.2 Å². The molecule has 2 rings (SSSR count). The Morgan fingerprint density at radius 1 is 1.25 bits per heavy atom. The molecule has 0 fully saturated rings. The van der Waals surface area contributed by atoms with Gasteiger partial charge in [-0.3, -0.25) is 5.32 Å². The molecule has 0 unspecified atom stereocenters. The smallest absolute Gasteiger partial charge is 0.291 e. The number of carbonyl (C=O) groups excluding carboxylic acids is 1. The normalized spacial score (nSPS) is 10.2. The van der Waals surface area contributed by atoms with Gasteiger partial charge in [-0.05, 0) is 42.8 Å². The Bertz CT molecular complexity index is 634. The number of urea groups is 1. The number of halogens is 2. The van der Waals surface area contributed by atoms with E-state index >= 15 is 0 Å². The SMILES string of the molecule is Cc1cc(Cl)ccc1N(S)C(=O)Nc1ccc(Cl)cn1. The highest BCUT2D eigenvalue weighted by atomic mass is 35.5. The highest BCUT2D eigenvalue weighted by Gasteiger charge is 2.14. The molecule has 1 aromatic carbocycles. The fourth-order valence-corrected chi connectivity index (χ4v) is 2.19. The van der Waals surface area contributed by atoms with Crippen molar-refractivity contribution in [3.8, 4) is 0 Å². The van der Waals surface area contributed by atoms with Crippen molar-refractivity contribution in [2.75, 3.05) is 9.62 Å². The van der Waals surface area contributed by atoms with Crippen molar-refractivity contribution in [2.45, 2.75) is 6.92 Å². The van der Waals surface area contributed by atoms with E-state index in [9.17, 15) is 4.79 Å². The lowest BCUT2D eigenvalue weighted by Crippen LogP contribution is -2.27. The average Bonchev–Trinajstić information content (AvgIpc) is 2.40. The molecule has 1 aromatic heterocycles. The van der Waals surface area contributed by atoms with Gasteiger partial charge >= 0.3 is 6.03 Å². The van der Waals surface area contributed by atoms with Gasteiger partial charge < -0.3 is 0 Å². The number of thiol groups is 1. The summed E-state index contributed by atoms with van der Waals surface area (Å²) in [5.41, 5.74) is 1.48. The van der Waals surface area contributed by atoms with Gasteiger partial charge in [0.15, 0.2) is 0 Å². The number of rotatable bonds is 2. The van der Waals surface area contributed by atoms with Crippen LogP contribution in [0.15, 0.2) is 36.5 Å². The molecule has 7 heteroatoms. The van der Waals surface area contributed by atoms with E-state index < -0.39 is 6.03 Å². The van der Waals surface area contributed by atoms with Gasteiger partial charge in [0, 0.05) is 11.2 Å². The Morgan fingerprint density at radius 3 is 2.55 bits per heavy atom. The zero-order valence-corrected chi connectivity index (χ0v) is 12.9. The highest BCUT2D eigenvalue weighted by molar-refractivity contribution is 7.82. The van der Waals surface area contributed by atoms with Crippen LogP contribution in [0.2, 0.25) is 10.0 Å². The number of carbonyl (C=O) groups is 1. The molecule has 0 bridgehead atoms. The van der Waals surface area contributed by atoms with Crippen LogP contribution in [0.4, 0.5) is 16.3 Å². The molecule has 0 saturated heterocycles. The molecule has 1 heterocycles. The molecule has 0 radical (unpaired) electrons. The van der Waals surface area contributed by atoms with Crippen molar-refractivity contribution in [3.63, 3.8) is 0 Å². The van der Waals surface area contributed by atoms with Crippen molar-refractivity contribution in [2.24, 2.45) is 0 Å². The number of hydrogen-bond donors (Lipinski definition) is 2. The predicted molar refractivity (Wildman–Crippen MR) is 85.9 cm³/mol. The van der Waals surface area contributed by atoms with Gasteiger partial charge in [0.1, 0.15) is 5.82 Å². The molecule has 0 aliphatic rings. The zero-order chi connectivity index (χ0) is 14.7. The summed E-state index contributed by atoms with van der Waals surface area (Å²) in [6, 6.07) is 8.00. The number of pyridine rings is 1. The zero-order valence-electron chi connectivity index (χ0n) is 10.5. The van der Waals surface area contributed by atoms with Crippen LogP contribution in [0.1, 0.15) is 5.56 Å². The summed E-state index contributed by atoms with van der Waals surface area (Å²) in [5.74, 6) is 0.394. The Labute approximate surface area is 132 Å². The Kier molecular flexibility index (Phi) is 4.75. The number of benzene rings is 1. The summed E-state index contributed by atoms with van der Waals surface area (Å²) in [4.78, 5) is 16.1. The monoisotopic (exact) mass is 327 g/mol. The van der Waals surface area contributed by atoms with Crippen molar-refractivity contribution < 1.29 is 4.79 Å². The number of anilines is 2. The second-order valence-electron chi connectivity index (χ2n) is 4.03. The van der Waals surface area contributed by atoms with E-state index in [-0.39, 0.29) is 0 Å². The Hall–Kier alpha value is -1.43. The Morgan fingerprint density at radius 2 is 1.95 bits per heavy atom. The molecule has 20 heavy (non-hydrogen) atoms. The molecule has 0 atom stereocenters. The first-order chi connectivity index (χ1) is 9.47. The van der Waals surface area contributed by atoms with E-state index in [1.165, 1.54) is 10.5 Å². The van der Waals surface area contributed by atoms with E-state index in [0.29, 0.717) is 21.6 Å². The number of aromatic nitrogens is 1. The molecule has 0 spiro atoms. The molecule has 104 valence electrons. The first-order valence-corrected chi connectivity index (χ1v) is 6.80. The summed E-state index contributed by atoms with van der Waals surface area (Å²) >= 11 is 15.8. The maximum atomic E-state index is 12.1. The third-order valence-electron chi connectivity index (χ3n) is 2.54. The predicted octanol–water partition coefficient (Wildman–Crippen LogP) is 4.58. The number of aryl methyl sites for hydroxylation is 1. The van der Waals surface area contributed by atoms with E-state index in [2.05, 4.69) is 23.1 Å². The largest absolute Gasteiger partial charge is 0.337 e. The van der Waals surface area contributed by atoms with Crippen LogP contribution in [0.25, 0.3) is 0 Å². The van der Waals surface area contributed by atoms with Gasteiger partial charge in [-0.15, -0.1) is 0 Å². The van der Waals surface area contributed by atoms with E-state index in [1.807, 2.05) is 6.92 Å². The second-order valence-corrected chi connectivity index (χ2v) is 5.31. The van der Waals surface area contributed by atoms with Crippen LogP contribution < -0.4 is 9.62 Å². The van der Waals surface area contributed by atoms with Crippen molar-refractivity contribution in [1.29, 1.82) is 0 Å². The minimum atomic E-state index is -0.423. The lowest BCUT2D eigenvalue weighted by molar-refractivity contribution is 0.260. The van der Waals surface area contributed by atoms with E-state index in [4.69, 9.17) is 23.2 Å². The number of nitrogens with zero attached hydrogens (tertiary/aromatic N) is 2. The van der Waals surface area contributed by atoms with Gasteiger partial charge in [-0.2, -0.15) is 0 Å². The first kappa shape index (κ1) is 15.0. The standard InChI is InChI=1S/C13H11Cl2N3OS/c1-8-6-9(14)2-4-11(8)18(20)13(19)17-12-5-3-10(15)7-16-12/h2-7,20H,1H3,(H,16,17,19). The van der Waals surface area contributed by atoms with Gasteiger partial charge in [0.05, 0.1) is 10.7 Å². The van der Waals surface area contributed by atoms with Crippen molar-refractivity contribution in [1.82, 2.24) is 4.98 Å². The quantitative estimate of drug-likeness (QED) is 0.793. The summed E-state index contributed by atoms with van der Waals surface area (Å²) < 4.78 is 1.20. The number of amides is 2. The molecule has 0 saturated carbocycles. The van der Waals surface area contributed by atoms with Crippen molar-refractivity contribution in [3.05, 3.63) is 52.1 Å². The fraction of sp³-hybridized carbons (Fsp3) is 0.0769. The van der Waals surface area contributed by atoms with Gasteiger partial charge in [-0.1, -0.05) is 36.0 Å². The third-order valence-corrected chi connectivity index (χ3v) is 3.40.